The van der Waals surface area contributed by atoms with Crippen LogP contribution in [0.1, 0.15) is 29.6 Å². The molecule has 0 spiro atoms. The van der Waals surface area contributed by atoms with Crippen LogP contribution in [0.3, 0.4) is 0 Å². The van der Waals surface area contributed by atoms with E-state index in [2.05, 4.69) is 0 Å². The highest BCUT2D eigenvalue weighted by atomic mass is 127. The van der Waals surface area contributed by atoms with Crippen molar-refractivity contribution in [2.45, 2.75) is 25.3 Å². The molecule has 3 rings (SSSR count). The molecule has 1 aromatic rings. The van der Waals surface area contributed by atoms with Gasteiger partial charge in [-0.2, -0.15) is 0 Å². The molecule has 3 unspecified atom stereocenters. The predicted octanol–water partition coefficient (Wildman–Crippen LogP) is 3.05. The predicted molar refractivity (Wildman–Crippen MR) is 91.1 cm³/mol. The molecule has 2 aliphatic rings. The minimum absolute atomic E-state index is 0. The highest BCUT2D eigenvalue weighted by Crippen LogP contribution is 2.36. The highest BCUT2D eigenvalue weighted by Gasteiger charge is 2.40. The Morgan fingerprint density at radius 3 is 2.76 bits per heavy atom. The topological polar surface area (TPSA) is 46.3 Å². The molecule has 116 valence electrons. The lowest BCUT2D eigenvalue weighted by Crippen LogP contribution is -2.38. The van der Waals surface area contributed by atoms with Crippen molar-refractivity contribution in [3.05, 3.63) is 33.1 Å². The summed E-state index contributed by atoms with van der Waals surface area (Å²) in [6, 6.07) is 4.56. The standard InChI is InChI=1S/C15H18FIN2O.ClH/c16-10-4-5-11(13(17)6-10)15(20)19-7-9-2-1-3-14(18)12(9)8-19;/h4-6,9,12,14H,1-3,7-8,18H2;1H. The van der Waals surface area contributed by atoms with Crippen LogP contribution in [0.5, 0.6) is 0 Å². The lowest BCUT2D eigenvalue weighted by molar-refractivity contribution is 0.0782. The van der Waals surface area contributed by atoms with Gasteiger partial charge in [0.15, 0.2) is 0 Å². The second kappa shape index (κ2) is 6.79. The number of hydrogen-bond donors (Lipinski definition) is 1. The zero-order valence-corrected chi connectivity index (χ0v) is 14.6. The summed E-state index contributed by atoms with van der Waals surface area (Å²) in [5.41, 5.74) is 6.78. The third-order valence-electron chi connectivity index (χ3n) is 4.60. The van der Waals surface area contributed by atoms with Crippen molar-refractivity contribution in [1.29, 1.82) is 0 Å². The van der Waals surface area contributed by atoms with Gasteiger partial charge in [-0.15, -0.1) is 12.4 Å². The van der Waals surface area contributed by atoms with Crippen LogP contribution in [0.25, 0.3) is 0 Å². The average Bonchev–Trinajstić information content (AvgIpc) is 2.83. The normalized spacial score (nSPS) is 28.0. The first kappa shape index (κ1) is 17.0. The molecule has 1 aliphatic heterocycles. The van der Waals surface area contributed by atoms with E-state index in [0.29, 0.717) is 21.0 Å². The molecule has 1 saturated carbocycles. The van der Waals surface area contributed by atoms with E-state index in [9.17, 15) is 9.18 Å². The van der Waals surface area contributed by atoms with Crippen LogP contribution in [0.4, 0.5) is 4.39 Å². The molecule has 0 bridgehead atoms. The van der Waals surface area contributed by atoms with Gasteiger partial charge in [-0.25, -0.2) is 4.39 Å². The van der Waals surface area contributed by atoms with Crippen LogP contribution >= 0.6 is 35.0 Å². The molecule has 0 radical (unpaired) electrons. The molecule has 6 heteroatoms. The van der Waals surface area contributed by atoms with Crippen LogP contribution in [0, 0.1) is 21.2 Å². The first-order chi connectivity index (χ1) is 9.56. The van der Waals surface area contributed by atoms with Crippen molar-refractivity contribution in [3.63, 3.8) is 0 Å². The van der Waals surface area contributed by atoms with E-state index in [1.807, 2.05) is 27.5 Å². The Bertz CT molecular complexity index is 542. The van der Waals surface area contributed by atoms with Gasteiger partial charge in [-0.1, -0.05) is 6.42 Å². The zero-order valence-electron chi connectivity index (χ0n) is 11.6. The number of fused-ring (bicyclic) bond motifs is 1. The van der Waals surface area contributed by atoms with Crippen LogP contribution < -0.4 is 5.73 Å². The number of likely N-dealkylation sites (tertiary alicyclic amines) is 1. The molecule has 1 saturated heterocycles. The molecule has 1 heterocycles. The molecule has 1 aromatic carbocycles. The van der Waals surface area contributed by atoms with Crippen LogP contribution in [0.15, 0.2) is 18.2 Å². The summed E-state index contributed by atoms with van der Waals surface area (Å²) in [5.74, 6) is 0.686. The minimum atomic E-state index is -0.303. The summed E-state index contributed by atoms with van der Waals surface area (Å²) in [6.07, 6.45) is 3.40. The molecule has 3 nitrogen and oxygen atoms in total. The van der Waals surface area contributed by atoms with E-state index in [0.717, 1.165) is 19.5 Å². The van der Waals surface area contributed by atoms with Crippen molar-refractivity contribution in [2.24, 2.45) is 17.6 Å². The quantitative estimate of drug-likeness (QED) is 0.705. The van der Waals surface area contributed by atoms with Crippen molar-refractivity contribution in [1.82, 2.24) is 4.90 Å². The zero-order chi connectivity index (χ0) is 14.3. The fraction of sp³-hybridized carbons (Fsp3) is 0.533. The first-order valence-electron chi connectivity index (χ1n) is 7.06. The first-order valence-corrected chi connectivity index (χ1v) is 8.14. The molecule has 3 atom stereocenters. The van der Waals surface area contributed by atoms with Crippen molar-refractivity contribution < 1.29 is 9.18 Å². The maximum Gasteiger partial charge on any atom is 0.254 e. The summed E-state index contributed by atoms with van der Waals surface area (Å²) < 4.78 is 13.8. The molecule has 1 aliphatic carbocycles. The number of amides is 1. The molecule has 2 fully saturated rings. The van der Waals surface area contributed by atoms with Gasteiger partial charge in [-0.05, 0) is 65.5 Å². The number of carbonyl (C=O) groups excluding carboxylic acids is 1. The molecular formula is C15H19ClFIN2O. The number of hydrogen-bond acceptors (Lipinski definition) is 2. The van der Waals surface area contributed by atoms with Gasteiger partial charge in [0.05, 0.1) is 5.56 Å². The van der Waals surface area contributed by atoms with E-state index in [1.165, 1.54) is 25.0 Å². The third-order valence-corrected chi connectivity index (χ3v) is 5.50. The Labute approximate surface area is 144 Å². The van der Waals surface area contributed by atoms with E-state index in [4.69, 9.17) is 5.73 Å². The summed E-state index contributed by atoms with van der Waals surface area (Å²) >= 11 is 2.02. The van der Waals surface area contributed by atoms with Gasteiger partial charge in [0.25, 0.3) is 5.91 Å². The van der Waals surface area contributed by atoms with Crippen LogP contribution in [-0.2, 0) is 0 Å². The van der Waals surface area contributed by atoms with Gasteiger partial charge < -0.3 is 10.6 Å². The third kappa shape index (κ3) is 3.35. The van der Waals surface area contributed by atoms with E-state index < -0.39 is 0 Å². The van der Waals surface area contributed by atoms with Crippen molar-refractivity contribution in [2.75, 3.05) is 13.1 Å². The van der Waals surface area contributed by atoms with Gasteiger partial charge >= 0.3 is 0 Å². The van der Waals surface area contributed by atoms with E-state index in [-0.39, 0.29) is 30.2 Å². The number of rotatable bonds is 1. The lowest BCUT2D eigenvalue weighted by Gasteiger charge is -2.29. The summed E-state index contributed by atoms with van der Waals surface area (Å²) in [4.78, 5) is 14.5. The van der Waals surface area contributed by atoms with Gasteiger partial charge in [-0.3, -0.25) is 4.79 Å². The van der Waals surface area contributed by atoms with Crippen LogP contribution in [0.2, 0.25) is 0 Å². The molecule has 21 heavy (non-hydrogen) atoms. The van der Waals surface area contributed by atoms with Crippen LogP contribution in [-0.4, -0.2) is 29.9 Å². The minimum Gasteiger partial charge on any atom is -0.338 e. The number of carbonyl (C=O) groups is 1. The summed E-state index contributed by atoms with van der Waals surface area (Å²) in [7, 11) is 0. The van der Waals surface area contributed by atoms with Gasteiger partial charge in [0.2, 0.25) is 0 Å². The Kier molecular flexibility index (Phi) is 5.48. The second-order valence-corrected chi connectivity index (χ2v) is 7.02. The summed E-state index contributed by atoms with van der Waals surface area (Å²) in [5, 5.41) is 0. The monoisotopic (exact) mass is 424 g/mol. The van der Waals surface area contributed by atoms with Gasteiger partial charge in [0.1, 0.15) is 5.82 Å². The van der Waals surface area contributed by atoms with Gasteiger partial charge in [0, 0.05) is 22.7 Å². The fourth-order valence-electron chi connectivity index (χ4n) is 3.52. The fourth-order valence-corrected chi connectivity index (χ4v) is 4.22. The lowest BCUT2D eigenvalue weighted by atomic mass is 9.78. The molecular weight excluding hydrogens is 406 g/mol. The number of benzene rings is 1. The second-order valence-electron chi connectivity index (χ2n) is 5.85. The van der Waals surface area contributed by atoms with E-state index in [1.54, 1.807) is 6.07 Å². The van der Waals surface area contributed by atoms with E-state index >= 15 is 0 Å². The SMILES string of the molecule is Cl.NC1CCCC2CN(C(=O)c3ccc(F)cc3I)CC12. The molecule has 1 amide bonds. The maximum absolute atomic E-state index is 13.1. The smallest absolute Gasteiger partial charge is 0.254 e. The number of nitrogens with two attached hydrogens (primary N) is 1. The number of nitrogens with zero attached hydrogens (tertiary/aromatic N) is 1. The molecule has 2 N–H and O–H groups in total. The highest BCUT2D eigenvalue weighted by molar-refractivity contribution is 14.1. The molecule has 0 aromatic heterocycles. The van der Waals surface area contributed by atoms with Crippen molar-refractivity contribution >= 4 is 40.9 Å². The maximum atomic E-state index is 13.1. The average molecular weight is 425 g/mol. The number of halogens is 3. The Morgan fingerprint density at radius 1 is 1.33 bits per heavy atom. The Balaban J connectivity index is 0.00000161. The Hall–Kier alpha value is -0.400. The largest absolute Gasteiger partial charge is 0.338 e. The summed E-state index contributed by atoms with van der Waals surface area (Å²) in [6.45, 7) is 1.54. The Morgan fingerprint density at radius 2 is 2.10 bits per heavy atom. The van der Waals surface area contributed by atoms with Crippen molar-refractivity contribution in [3.8, 4) is 0 Å².